The van der Waals surface area contributed by atoms with Crippen molar-refractivity contribution in [3.05, 3.63) is 59.0 Å². The lowest BCUT2D eigenvalue weighted by atomic mass is 9.92. The van der Waals surface area contributed by atoms with Gasteiger partial charge >= 0.3 is 0 Å². The Morgan fingerprint density at radius 1 is 1.08 bits per heavy atom. The van der Waals surface area contributed by atoms with E-state index in [-0.39, 0.29) is 23.8 Å². The number of hydrogen-bond donors (Lipinski definition) is 1. The van der Waals surface area contributed by atoms with E-state index in [1.165, 1.54) is 12.1 Å². The van der Waals surface area contributed by atoms with Crippen LogP contribution < -0.4 is 0 Å². The van der Waals surface area contributed by atoms with E-state index in [1.807, 2.05) is 4.52 Å². The molecule has 0 atom stereocenters. The molecule has 1 aromatic carbocycles. The van der Waals surface area contributed by atoms with Crippen molar-refractivity contribution < 1.29 is 9.50 Å². The fraction of sp³-hybridized carbons (Fsp3) is 0.381. The molecule has 3 rings (SSSR count). The Kier molecular flexibility index (Phi) is 4.41. The SMILES string of the molecule is CC(C)c1c(CO)c(-c2ccc(F)cc2)nn2c(C(C)(C)C)ccc12. The highest BCUT2D eigenvalue weighted by atomic mass is 19.1. The summed E-state index contributed by atoms with van der Waals surface area (Å²) in [5.74, 6) is -0.0506. The van der Waals surface area contributed by atoms with Crippen molar-refractivity contribution in [2.24, 2.45) is 0 Å². The summed E-state index contributed by atoms with van der Waals surface area (Å²) in [6, 6.07) is 10.5. The number of benzene rings is 1. The van der Waals surface area contributed by atoms with Crippen LogP contribution in [0, 0.1) is 5.82 Å². The van der Waals surface area contributed by atoms with E-state index in [4.69, 9.17) is 5.10 Å². The van der Waals surface area contributed by atoms with Crippen molar-refractivity contribution >= 4 is 5.52 Å². The molecule has 25 heavy (non-hydrogen) atoms. The van der Waals surface area contributed by atoms with Crippen molar-refractivity contribution in [1.29, 1.82) is 0 Å². The third kappa shape index (κ3) is 3.07. The molecule has 3 aromatic rings. The van der Waals surface area contributed by atoms with Crippen LogP contribution >= 0.6 is 0 Å². The standard InChI is InChI=1S/C21H25FN2O/c1-13(2)19-16(12-25)20(14-6-8-15(22)9-7-14)23-24-17(19)10-11-18(24)21(3,4)5/h6-11,13,25H,12H2,1-5H3. The quantitative estimate of drug-likeness (QED) is 0.724. The number of hydrogen-bond acceptors (Lipinski definition) is 2. The first kappa shape index (κ1) is 17.6. The summed E-state index contributed by atoms with van der Waals surface area (Å²) in [6.45, 7) is 10.6. The van der Waals surface area contributed by atoms with E-state index in [9.17, 15) is 9.50 Å². The maximum Gasteiger partial charge on any atom is 0.123 e. The van der Waals surface area contributed by atoms with Gasteiger partial charge in [-0.05, 0) is 47.9 Å². The summed E-state index contributed by atoms with van der Waals surface area (Å²) in [5, 5.41) is 14.9. The van der Waals surface area contributed by atoms with Gasteiger partial charge in [-0.15, -0.1) is 0 Å². The third-order valence-corrected chi connectivity index (χ3v) is 4.56. The Bertz CT molecular complexity index is 902. The molecule has 0 spiro atoms. The number of aliphatic hydroxyl groups is 1. The van der Waals surface area contributed by atoms with Crippen molar-refractivity contribution in [3.8, 4) is 11.3 Å². The third-order valence-electron chi connectivity index (χ3n) is 4.56. The zero-order valence-electron chi connectivity index (χ0n) is 15.5. The minimum absolute atomic E-state index is 0.0610. The van der Waals surface area contributed by atoms with Gasteiger partial charge in [0, 0.05) is 22.2 Å². The van der Waals surface area contributed by atoms with Gasteiger partial charge in [0.25, 0.3) is 0 Å². The summed E-state index contributed by atoms with van der Waals surface area (Å²) in [7, 11) is 0. The largest absolute Gasteiger partial charge is 0.392 e. The predicted octanol–water partition coefficient (Wildman–Crippen LogP) is 5.05. The van der Waals surface area contributed by atoms with Gasteiger partial charge in [0.1, 0.15) is 5.82 Å². The van der Waals surface area contributed by atoms with E-state index >= 15 is 0 Å². The molecule has 4 heteroatoms. The molecule has 0 unspecified atom stereocenters. The van der Waals surface area contributed by atoms with Gasteiger partial charge in [-0.25, -0.2) is 8.91 Å². The van der Waals surface area contributed by atoms with Crippen molar-refractivity contribution in [1.82, 2.24) is 9.61 Å². The number of fused-ring (bicyclic) bond motifs is 1. The number of aromatic nitrogens is 2. The zero-order valence-corrected chi connectivity index (χ0v) is 15.5. The Hall–Kier alpha value is -2.20. The number of aliphatic hydroxyl groups excluding tert-OH is 1. The highest BCUT2D eigenvalue weighted by molar-refractivity contribution is 5.71. The van der Waals surface area contributed by atoms with Crippen LogP contribution in [-0.2, 0) is 12.0 Å². The summed E-state index contributed by atoms with van der Waals surface area (Å²) < 4.78 is 15.3. The second kappa shape index (κ2) is 6.26. The van der Waals surface area contributed by atoms with Gasteiger partial charge in [-0.2, -0.15) is 5.10 Å². The van der Waals surface area contributed by atoms with Crippen LogP contribution in [0.5, 0.6) is 0 Å². The first-order valence-corrected chi connectivity index (χ1v) is 8.66. The molecule has 132 valence electrons. The minimum Gasteiger partial charge on any atom is -0.392 e. The maximum atomic E-state index is 13.3. The average molecular weight is 340 g/mol. The van der Waals surface area contributed by atoms with E-state index < -0.39 is 0 Å². The van der Waals surface area contributed by atoms with Crippen LogP contribution in [0.15, 0.2) is 36.4 Å². The fourth-order valence-corrected chi connectivity index (χ4v) is 3.39. The van der Waals surface area contributed by atoms with Crippen LogP contribution in [0.3, 0.4) is 0 Å². The van der Waals surface area contributed by atoms with Gasteiger partial charge in [0.2, 0.25) is 0 Å². The summed E-state index contributed by atoms with van der Waals surface area (Å²) in [5.41, 5.74) is 5.49. The van der Waals surface area contributed by atoms with Crippen molar-refractivity contribution in [3.63, 3.8) is 0 Å². The fourth-order valence-electron chi connectivity index (χ4n) is 3.39. The normalized spacial score (nSPS) is 12.3. The Morgan fingerprint density at radius 3 is 2.24 bits per heavy atom. The van der Waals surface area contributed by atoms with Crippen LogP contribution in [0.25, 0.3) is 16.8 Å². The molecule has 0 saturated heterocycles. The lowest BCUT2D eigenvalue weighted by Crippen LogP contribution is -2.17. The Balaban J connectivity index is 2.41. The van der Waals surface area contributed by atoms with Crippen molar-refractivity contribution in [2.45, 2.75) is 52.6 Å². The minimum atomic E-state index is -0.282. The monoisotopic (exact) mass is 340 g/mol. The molecule has 0 aliphatic heterocycles. The lowest BCUT2D eigenvalue weighted by Gasteiger charge is -2.22. The molecule has 0 bridgehead atoms. The van der Waals surface area contributed by atoms with Crippen LogP contribution in [0.2, 0.25) is 0 Å². The van der Waals surface area contributed by atoms with Crippen LogP contribution in [0.4, 0.5) is 4.39 Å². The van der Waals surface area contributed by atoms with Gasteiger partial charge in [0.05, 0.1) is 17.8 Å². The first-order valence-electron chi connectivity index (χ1n) is 8.66. The van der Waals surface area contributed by atoms with E-state index in [2.05, 4.69) is 46.8 Å². The molecule has 0 amide bonds. The average Bonchev–Trinajstić information content (AvgIpc) is 2.97. The predicted molar refractivity (Wildman–Crippen MR) is 99.3 cm³/mol. The van der Waals surface area contributed by atoms with Gasteiger partial charge in [0.15, 0.2) is 0 Å². The van der Waals surface area contributed by atoms with Gasteiger partial charge < -0.3 is 5.11 Å². The summed E-state index contributed by atoms with van der Waals surface area (Å²) in [6.07, 6.45) is 0. The van der Waals surface area contributed by atoms with Gasteiger partial charge in [-0.1, -0.05) is 34.6 Å². The number of rotatable bonds is 3. The molecule has 3 nitrogen and oxygen atoms in total. The molecule has 0 aliphatic rings. The summed E-state index contributed by atoms with van der Waals surface area (Å²) >= 11 is 0. The van der Waals surface area contributed by atoms with E-state index in [0.717, 1.165) is 27.9 Å². The number of halogens is 1. The molecular weight excluding hydrogens is 315 g/mol. The molecule has 0 fully saturated rings. The van der Waals surface area contributed by atoms with Crippen LogP contribution in [-0.4, -0.2) is 14.7 Å². The molecule has 2 aromatic heterocycles. The summed E-state index contributed by atoms with van der Waals surface area (Å²) in [4.78, 5) is 0. The lowest BCUT2D eigenvalue weighted by molar-refractivity contribution is 0.280. The molecule has 0 aliphatic carbocycles. The highest BCUT2D eigenvalue weighted by Crippen LogP contribution is 2.35. The molecule has 0 radical (unpaired) electrons. The van der Waals surface area contributed by atoms with Crippen LogP contribution in [0.1, 0.15) is 57.4 Å². The number of nitrogens with zero attached hydrogens (tertiary/aromatic N) is 2. The highest BCUT2D eigenvalue weighted by Gasteiger charge is 2.24. The smallest absolute Gasteiger partial charge is 0.123 e. The topological polar surface area (TPSA) is 37.5 Å². The molecule has 0 saturated carbocycles. The van der Waals surface area contributed by atoms with Gasteiger partial charge in [-0.3, -0.25) is 0 Å². The molecule has 2 heterocycles. The second-order valence-corrected chi connectivity index (χ2v) is 7.83. The maximum absolute atomic E-state index is 13.3. The molecule has 1 N–H and O–H groups in total. The second-order valence-electron chi connectivity index (χ2n) is 7.83. The Morgan fingerprint density at radius 2 is 1.72 bits per heavy atom. The zero-order chi connectivity index (χ0) is 18.4. The van der Waals surface area contributed by atoms with Crippen molar-refractivity contribution in [2.75, 3.05) is 0 Å². The first-order chi connectivity index (χ1) is 11.7. The molecular formula is C21H25FN2O. The van der Waals surface area contributed by atoms with E-state index in [1.54, 1.807) is 12.1 Å². The van der Waals surface area contributed by atoms with E-state index in [0.29, 0.717) is 5.69 Å². The Labute approximate surface area is 148 Å².